The first-order chi connectivity index (χ1) is 4.56. The molecule has 0 atom stereocenters. The number of hydrogen-bond acceptors (Lipinski definition) is 2. The van der Waals surface area contributed by atoms with Gasteiger partial charge < -0.3 is 10.5 Å². The minimum absolute atomic E-state index is 0.295. The van der Waals surface area contributed by atoms with Crippen LogP contribution in [0, 0.1) is 0 Å². The number of nitrogens with two attached hydrogens (primary N) is 1. The molecule has 0 saturated carbocycles. The number of ether oxygens (including phenoxy) is 1. The summed E-state index contributed by atoms with van der Waals surface area (Å²) in [5, 5.41) is 0. The van der Waals surface area contributed by atoms with E-state index in [2.05, 4.69) is 0 Å². The number of rotatable bonds is 5. The number of halogens is 1. The van der Waals surface area contributed by atoms with Gasteiger partial charge in [-0.3, -0.25) is 4.39 Å². The molecule has 0 aromatic rings. The quantitative estimate of drug-likeness (QED) is 0.594. The lowest BCUT2D eigenvalue weighted by atomic mass is 10.1. The standard InChI is InChI=1S/C7H16FNO/c1-7(2,9)6-10-5-3-4-8/h3-6,9H2,1-2H3. The van der Waals surface area contributed by atoms with Crippen molar-refractivity contribution in [3.63, 3.8) is 0 Å². The summed E-state index contributed by atoms with van der Waals surface area (Å²) in [6.45, 7) is 4.40. The lowest BCUT2D eigenvalue weighted by Gasteiger charge is -2.17. The summed E-state index contributed by atoms with van der Waals surface area (Å²) in [5.41, 5.74) is 5.30. The van der Waals surface area contributed by atoms with Crippen molar-refractivity contribution in [3.8, 4) is 0 Å². The van der Waals surface area contributed by atoms with E-state index in [0.29, 0.717) is 19.6 Å². The van der Waals surface area contributed by atoms with E-state index < -0.39 is 0 Å². The molecule has 0 aliphatic rings. The maximum Gasteiger partial charge on any atom is 0.0916 e. The molecule has 0 heterocycles. The van der Waals surface area contributed by atoms with Gasteiger partial charge in [-0.1, -0.05) is 0 Å². The zero-order valence-electron chi connectivity index (χ0n) is 6.69. The minimum atomic E-state index is -0.314. The van der Waals surface area contributed by atoms with Crippen LogP contribution >= 0.6 is 0 Å². The van der Waals surface area contributed by atoms with Crippen LogP contribution in [0.5, 0.6) is 0 Å². The van der Waals surface area contributed by atoms with Crippen LogP contribution in [-0.4, -0.2) is 25.4 Å². The van der Waals surface area contributed by atoms with Gasteiger partial charge in [0.15, 0.2) is 0 Å². The van der Waals surface area contributed by atoms with E-state index in [4.69, 9.17) is 10.5 Å². The van der Waals surface area contributed by atoms with Gasteiger partial charge in [-0.15, -0.1) is 0 Å². The van der Waals surface area contributed by atoms with Crippen LogP contribution in [0.2, 0.25) is 0 Å². The zero-order chi connectivity index (χ0) is 8.04. The molecule has 0 aliphatic carbocycles. The molecule has 0 rings (SSSR count). The first-order valence-electron chi connectivity index (χ1n) is 3.49. The van der Waals surface area contributed by atoms with Crippen molar-refractivity contribution in [1.29, 1.82) is 0 Å². The van der Waals surface area contributed by atoms with E-state index in [1.807, 2.05) is 13.8 Å². The average Bonchev–Trinajstić information content (AvgIpc) is 1.78. The van der Waals surface area contributed by atoms with E-state index in [9.17, 15) is 4.39 Å². The summed E-state index contributed by atoms with van der Waals surface area (Å²) in [4.78, 5) is 0. The van der Waals surface area contributed by atoms with Gasteiger partial charge in [0.25, 0.3) is 0 Å². The van der Waals surface area contributed by atoms with Gasteiger partial charge in [-0.25, -0.2) is 0 Å². The first-order valence-corrected chi connectivity index (χ1v) is 3.49. The summed E-state index contributed by atoms with van der Waals surface area (Å²) >= 11 is 0. The van der Waals surface area contributed by atoms with Crippen molar-refractivity contribution >= 4 is 0 Å². The second-order valence-corrected chi connectivity index (χ2v) is 3.08. The average molecular weight is 149 g/mol. The molecule has 2 nitrogen and oxygen atoms in total. The normalized spacial score (nSPS) is 12.0. The highest BCUT2D eigenvalue weighted by Crippen LogP contribution is 1.97. The number of hydrogen-bond donors (Lipinski definition) is 1. The molecule has 0 radical (unpaired) electrons. The molecule has 2 N–H and O–H groups in total. The van der Waals surface area contributed by atoms with Gasteiger partial charge in [-0.05, 0) is 20.3 Å². The highest BCUT2D eigenvalue weighted by Gasteiger charge is 2.09. The molecule has 0 spiro atoms. The molecule has 0 saturated heterocycles. The molecule has 0 aromatic carbocycles. The Morgan fingerprint density at radius 2 is 2.10 bits per heavy atom. The molecule has 0 amide bonds. The highest BCUT2D eigenvalue weighted by molar-refractivity contribution is 4.69. The van der Waals surface area contributed by atoms with Crippen LogP contribution in [0.15, 0.2) is 0 Å². The highest BCUT2D eigenvalue weighted by atomic mass is 19.1. The summed E-state index contributed by atoms with van der Waals surface area (Å²) in [6, 6.07) is 0. The molecule has 0 aromatic heterocycles. The SMILES string of the molecule is CC(C)(N)COCCCF. The second kappa shape index (κ2) is 4.63. The fourth-order valence-electron chi connectivity index (χ4n) is 0.492. The van der Waals surface area contributed by atoms with E-state index in [0.717, 1.165) is 0 Å². The third-order valence-corrected chi connectivity index (χ3v) is 0.896. The third-order valence-electron chi connectivity index (χ3n) is 0.896. The van der Waals surface area contributed by atoms with Gasteiger partial charge >= 0.3 is 0 Å². The molecular weight excluding hydrogens is 133 g/mol. The molecule has 0 bridgehead atoms. The Kier molecular flexibility index (Phi) is 4.56. The van der Waals surface area contributed by atoms with Crippen molar-refractivity contribution < 1.29 is 9.13 Å². The Labute approximate surface area is 61.5 Å². The van der Waals surface area contributed by atoms with Crippen LogP contribution in [0.1, 0.15) is 20.3 Å². The monoisotopic (exact) mass is 149 g/mol. The Bertz CT molecular complexity index is 80.2. The van der Waals surface area contributed by atoms with Crippen LogP contribution < -0.4 is 5.73 Å². The molecule has 3 heteroatoms. The topological polar surface area (TPSA) is 35.2 Å². The molecule has 0 aliphatic heterocycles. The summed E-state index contributed by atoms with van der Waals surface area (Å²) in [6.07, 6.45) is 0.468. The smallest absolute Gasteiger partial charge is 0.0916 e. The fraction of sp³-hybridized carbons (Fsp3) is 1.00. The van der Waals surface area contributed by atoms with Gasteiger partial charge in [0.1, 0.15) is 0 Å². The predicted octanol–water partition coefficient (Wildman–Crippen LogP) is 1.10. The molecular formula is C7H16FNO. The van der Waals surface area contributed by atoms with Crippen LogP contribution in [0.3, 0.4) is 0 Å². The lowest BCUT2D eigenvalue weighted by Crippen LogP contribution is -2.37. The van der Waals surface area contributed by atoms with E-state index >= 15 is 0 Å². The lowest BCUT2D eigenvalue weighted by molar-refractivity contribution is 0.0917. The maximum atomic E-state index is 11.5. The van der Waals surface area contributed by atoms with E-state index in [1.54, 1.807) is 0 Å². The van der Waals surface area contributed by atoms with Gasteiger partial charge in [-0.2, -0.15) is 0 Å². The molecule has 0 fully saturated rings. The van der Waals surface area contributed by atoms with E-state index in [1.165, 1.54) is 0 Å². The van der Waals surface area contributed by atoms with Crippen molar-refractivity contribution in [2.75, 3.05) is 19.9 Å². The summed E-state index contributed by atoms with van der Waals surface area (Å²) < 4.78 is 16.6. The fourth-order valence-corrected chi connectivity index (χ4v) is 0.492. The van der Waals surface area contributed by atoms with Crippen LogP contribution in [-0.2, 0) is 4.74 Å². The third kappa shape index (κ3) is 7.85. The number of alkyl halides is 1. The summed E-state index contributed by atoms with van der Waals surface area (Å²) in [7, 11) is 0. The Morgan fingerprint density at radius 3 is 2.50 bits per heavy atom. The maximum absolute atomic E-state index is 11.5. The van der Waals surface area contributed by atoms with Gasteiger partial charge in [0, 0.05) is 12.1 Å². The molecule has 10 heavy (non-hydrogen) atoms. The van der Waals surface area contributed by atoms with Gasteiger partial charge in [0.2, 0.25) is 0 Å². The zero-order valence-corrected chi connectivity index (χ0v) is 6.69. The van der Waals surface area contributed by atoms with Crippen molar-refractivity contribution in [3.05, 3.63) is 0 Å². The molecule has 0 unspecified atom stereocenters. The van der Waals surface area contributed by atoms with Crippen LogP contribution in [0.4, 0.5) is 4.39 Å². The van der Waals surface area contributed by atoms with Crippen LogP contribution in [0.25, 0.3) is 0 Å². The van der Waals surface area contributed by atoms with E-state index in [-0.39, 0.29) is 12.2 Å². The molecule has 62 valence electrons. The largest absolute Gasteiger partial charge is 0.379 e. The predicted molar refractivity (Wildman–Crippen MR) is 39.7 cm³/mol. The van der Waals surface area contributed by atoms with Crippen molar-refractivity contribution in [2.45, 2.75) is 25.8 Å². The summed E-state index contributed by atoms with van der Waals surface area (Å²) in [5.74, 6) is 0. The minimum Gasteiger partial charge on any atom is -0.379 e. The Balaban J connectivity index is 3.04. The van der Waals surface area contributed by atoms with Crippen molar-refractivity contribution in [1.82, 2.24) is 0 Å². The first kappa shape index (κ1) is 9.85. The van der Waals surface area contributed by atoms with Crippen molar-refractivity contribution in [2.24, 2.45) is 5.73 Å². The Hall–Kier alpha value is -0.150. The van der Waals surface area contributed by atoms with Gasteiger partial charge in [0.05, 0.1) is 13.3 Å². The Morgan fingerprint density at radius 1 is 1.50 bits per heavy atom. The second-order valence-electron chi connectivity index (χ2n) is 3.08.